The smallest absolute Gasteiger partial charge is 0.120 e. The van der Waals surface area contributed by atoms with Crippen LogP contribution in [0, 0.1) is 0 Å². The van der Waals surface area contributed by atoms with Crippen molar-refractivity contribution >= 4 is 0 Å². The molecule has 2 atom stereocenters. The second-order valence-electron chi connectivity index (χ2n) is 5.54. The number of hydrogen-bond donors (Lipinski definition) is 3. The first-order chi connectivity index (χ1) is 9.06. The van der Waals surface area contributed by atoms with E-state index in [1.165, 1.54) is 38.1 Å². The minimum atomic E-state index is 0.0182. The number of aromatic hydroxyl groups is 2. The van der Waals surface area contributed by atoms with E-state index in [4.69, 9.17) is 0 Å². The monoisotopic (exact) mass is 264 g/mol. The third-order valence-corrected chi connectivity index (χ3v) is 3.74. The van der Waals surface area contributed by atoms with E-state index in [0.29, 0.717) is 6.04 Å². The summed E-state index contributed by atoms with van der Waals surface area (Å²) in [6.45, 7) is 7.59. The van der Waals surface area contributed by atoms with Gasteiger partial charge in [0.15, 0.2) is 0 Å². The lowest BCUT2D eigenvalue weighted by Crippen LogP contribution is -2.39. The van der Waals surface area contributed by atoms with Crippen LogP contribution in [0.5, 0.6) is 11.5 Å². The third kappa shape index (κ3) is 3.85. The summed E-state index contributed by atoms with van der Waals surface area (Å²) >= 11 is 0. The van der Waals surface area contributed by atoms with Crippen LogP contribution < -0.4 is 5.32 Å². The maximum atomic E-state index is 9.84. The lowest BCUT2D eigenvalue weighted by atomic mass is 10.1. The Balaban J connectivity index is 1.91. The van der Waals surface area contributed by atoms with E-state index in [0.717, 1.165) is 12.1 Å². The second-order valence-corrected chi connectivity index (χ2v) is 5.54. The van der Waals surface area contributed by atoms with Crippen molar-refractivity contribution in [3.8, 4) is 11.5 Å². The van der Waals surface area contributed by atoms with Crippen molar-refractivity contribution in [2.75, 3.05) is 19.6 Å². The predicted octanol–water partition coefficient (Wildman–Crippen LogP) is 2.23. The molecule has 0 radical (unpaired) electrons. The van der Waals surface area contributed by atoms with Gasteiger partial charge < -0.3 is 20.4 Å². The maximum Gasteiger partial charge on any atom is 0.120 e. The summed E-state index contributed by atoms with van der Waals surface area (Å²) in [4.78, 5) is 2.46. The van der Waals surface area contributed by atoms with Crippen LogP contribution in [0.3, 0.4) is 0 Å². The fourth-order valence-electron chi connectivity index (χ4n) is 2.81. The number of phenols is 2. The van der Waals surface area contributed by atoms with Crippen molar-refractivity contribution in [2.45, 2.75) is 38.8 Å². The van der Waals surface area contributed by atoms with Gasteiger partial charge in [-0.3, -0.25) is 0 Å². The van der Waals surface area contributed by atoms with Crippen LogP contribution in [0.1, 0.15) is 38.3 Å². The zero-order chi connectivity index (χ0) is 13.8. The molecule has 2 rings (SSSR count). The molecule has 0 saturated carbocycles. The van der Waals surface area contributed by atoms with E-state index in [2.05, 4.69) is 17.1 Å². The summed E-state index contributed by atoms with van der Waals surface area (Å²) in [5, 5.41) is 22.8. The molecule has 1 aromatic carbocycles. The van der Waals surface area contributed by atoms with Gasteiger partial charge in [-0.15, -0.1) is 0 Å². The normalized spacial score (nSPS) is 19.5. The topological polar surface area (TPSA) is 55.7 Å². The van der Waals surface area contributed by atoms with Gasteiger partial charge in [-0.05, 0) is 58.0 Å². The molecule has 0 aromatic heterocycles. The molecule has 0 aliphatic carbocycles. The largest absolute Gasteiger partial charge is 0.508 e. The molecule has 1 saturated heterocycles. The maximum absolute atomic E-state index is 9.84. The van der Waals surface area contributed by atoms with Crippen LogP contribution in [0.15, 0.2) is 18.2 Å². The number of rotatable bonds is 5. The molecule has 3 N–H and O–H groups in total. The molecule has 0 spiro atoms. The van der Waals surface area contributed by atoms with E-state index in [1.807, 2.05) is 6.92 Å². The molecule has 1 heterocycles. The second kappa shape index (κ2) is 6.26. The Bertz CT molecular complexity index is 417. The van der Waals surface area contributed by atoms with E-state index in [-0.39, 0.29) is 17.5 Å². The minimum absolute atomic E-state index is 0.0182. The zero-order valence-corrected chi connectivity index (χ0v) is 11.8. The molecule has 0 amide bonds. The average molecular weight is 264 g/mol. The number of likely N-dealkylation sites (tertiary alicyclic amines) is 1. The lowest BCUT2D eigenvalue weighted by Gasteiger charge is -2.25. The highest BCUT2D eigenvalue weighted by molar-refractivity contribution is 5.40. The van der Waals surface area contributed by atoms with Gasteiger partial charge in [0.1, 0.15) is 11.5 Å². The standard InChI is InChI=1S/C15H24N2O2/c1-11(10-17-7-3-4-8-17)16-12(2)14-9-13(18)5-6-15(14)19/h5-6,9,11-12,16,18-19H,3-4,7-8,10H2,1-2H3. The fraction of sp³-hybridized carbons (Fsp3) is 0.600. The van der Waals surface area contributed by atoms with E-state index >= 15 is 0 Å². The van der Waals surface area contributed by atoms with Crippen LogP contribution in [-0.2, 0) is 0 Å². The Morgan fingerprint density at radius 3 is 2.58 bits per heavy atom. The molecule has 4 nitrogen and oxygen atoms in total. The van der Waals surface area contributed by atoms with Gasteiger partial charge in [-0.25, -0.2) is 0 Å². The van der Waals surface area contributed by atoms with Crippen LogP contribution in [0.4, 0.5) is 0 Å². The number of benzene rings is 1. The van der Waals surface area contributed by atoms with Gasteiger partial charge in [0, 0.05) is 24.2 Å². The van der Waals surface area contributed by atoms with Gasteiger partial charge in [0.25, 0.3) is 0 Å². The number of hydrogen-bond acceptors (Lipinski definition) is 4. The van der Waals surface area contributed by atoms with Crippen molar-refractivity contribution in [2.24, 2.45) is 0 Å². The van der Waals surface area contributed by atoms with Crippen molar-refractivity contribution in [3.05, 3.63) is 23.8 Å². The third-order valence-electron chi connectivity index (χ3n) is 3.74. The molecule has 106 valence electrons. The van der Waals surface area contributed by atoms with Crippen molar-refractivity contribution in [1.82, 2.24) is 10.2 Å². The summed E-state index contributed by atoms with van der Waals surface area (Å²) in [7, 11) is 0. The summed E-state index contributed by atoms with van der Waals surface area (Å²) in [5.74, 6) is 0.416. The van der Waals surface area contributed by atoms with Crippen LogP contribution in [-0.4, -0.2) is 40.8 Å². The van der Waals surface area contributed by atoms with E-state index in [9.17, 15) is 10.2 Å². The van der Waals surface area contributed by atoms with Crippen LogP contribution in [0.2, 0.25) is 0 Å². The average Bonchev–Trinajstić information content (AvgIpc) is 2.84. The summed E-state index contributed by atoms with van der Waals surface area (Å²) < 4.78 is 0. The highest BCUT2D eigenvalue weighted by Gasteiger charge is 2.17. The molecule has 2 unspecified atom stereocenters. The van der Waals surface area contributed by atoms with Crippen molar-refractivity contribution < 1.29 is 10.2 Å². The van der Waals surface area contributed by atoms with Gasteiger partial charge in [0.05, 0.1) is 0 Å². The van der Waals surface area contributed by atoms with Crippen molar-refractivity contribution in [1.29, 1.82) is 0 Å². The molecule has 0 bridgehead atoms. The summed E-state index contributed by atoms with van der Waals surface area (Å²) in [6, 6.07) is 5.03. The number of nitrogens with zero attached hydrogens (tertiary/aromatic N) is 1. The Hall–Kier alpha value is -1.26. The van der Waals surface area contributed by atoms with Crippen LogP contribution in [0.25, 0.3) is 0 Å². The van der Waals surface area contributed by atoms with Crippen molar-refractivity contribution in [3.63, 3.8) is 0 Å². The quantitative estimate of drug-likeness (QED) is 0.714. The van der Waals surface area contributed by atoms with E-state index < -0.39 is 0 Å². The lowest BCUT2D eigenvalue weighted by molar-refractivity contribution is 0.288. The molecule has 19 heavy (non-hydrogen) atoms. The predicted molar refractivity (Wildman–Crippen MR) is 76.5 cm³/mol. The number of nitrogens with one attached hydrogen (secondary N) is 1. The Morgan fingerprint density at radius 1 is 1.21 bits per heavy atom. The first kappa shape index (κ1) is 14.2. The zero-order valence-electron chi connectivity index (χ0n) is 11.8. The molecule has 1 aliphatic rings. The van der Waals surface area contributed by atoms with Gasteiger partial charge in [0.2, 0.25) is 0 Å². The fourth-order valence-corrected chi connectivity index (χ4v) is 2.81. The Labute approximate surface area is 115 Å². The molecule has 1 aliphatic heterocycles. The van der Waals surface area contributed by atoms with Gasteiger partial charge in [-0.1, -0.05) is 0 Å². The van der Waals surface area contributed by atoms with Gasteiger partial charge >= 0.3 is 0 Å². The molecular weight excluding hydrogens is 240 g/mol. The highest BCUT2D eigenvalue weighted by Crippen LogP contribution is 2.28. The van der Waals surface area contributed by atoms with Gasteiger partial charge in [-0.2, -0.15) is 0 Å². The first-order valence-electron chi connectivity index (χ1n) is 7.06. The molecule has 4 heteroatoms. The first-order valence-corrected chi connectivity index (χ1v) is 7.06. The SMILES string of the molecule is CC(CN1CCCC1)NC(C)c1cc(O)ccc1O. The highest BCUT2D eigenvalue weighted by atomic mass is 16.3. The van der Waals surface area contributed by atoms with E-state index in [1.54, 1.807) is 6.07 Å². The Kier molecular flexibility index (Phi) is 4.66. The number of phenolic OH excluding ortho intramolecular Hbond substituents is 2. The minimum Gasteiger partial charge on any atom is -0.508 e. The Morgan fingerprint density at radius 2 is 1.89 bits per heavy atom. The van der Waals surface area contributed by atoms with Crippen LogP contribution >= 0.6 is 0 Å². The molecule has 1 fully saturated rings. The summed E-state index contributed by atoms with van der Waals surface area (Å²) in [5.41, 5.74) is 0.744. The summed E-state index contributed by atoms with van der Waals surface area (Å²) in [6.07, 6.45) is 2.60. The molecule has 1 aromatic rings. The molecular formula is C15H24N2O2.